The zero-order valence-corrected chi connectivity index (χ0v) is 24.2. The molecule has 2 aromatic carbocycles. The first kappa shape index (κ1) is 28.7. The summed E-state index contributed by atoms with van der Waals surface area (Å²) in [6, 6.07) is 13.8. The molecule has 1 saturated carbocycles. The molecule has 3 aliphatic rings. The van der Waals surface area contributed by atoms with Crippen molar-refractivity contribution >= 4 is 34.4 Å². The van der Waals surface area contributed by atoms with Gasteiger partial charge in [0.2, 0.25) is 23.6 Å². The van der Waals surface area contributed by atoms with Gasteiger partial charge in [0, 0.05) is 30.3 Å². The molecule has 43 heavy (non-hydrogen) atoms. The quantitative estimate of drug-likeness (QED) is 0.344. The predicted octanol–water partition coefficient (Wildman–Crippen LogP) is 1.52. The number of aromatic nitrogens is 2. The summed E-state index contributed by atoms with van der Waals surface area (Å²) in [6.45, 7) is 5.35. The van der Waals surface area contributed by atoms with Crippen LogP contribution in [0.25, 0.3) is 10.8 Å². The van der Waals surface area contributed by atoms with E-state index in [9.17, 15) is 19.2 Å². The molecule has 11 heteroatoms. The molecule has 3 heterocycles. The van der Waals surface area contributed by atoms with Crippen molar-refractivity contribution < 1.29 is 23.9 Å². The monoisotopic (exact) mass is 584 g/mol. The molecule has 2 unspecified atom stereocenters. The van der Waals surface area contributed by atoms with E-state index < -0.39 is 29.9 Å². The van der Waals surface area contributed by atoms with Crippen LogP contribution in [0.1, 0.15) is 37.6 Å². The molecular weight excluding hydrogens is 548 g/mol. The summed E-state index contributed by atoms with van der Waals surface area (Å²) in [5.74, 6) is -2.17. The molecule has 0 radical (unpaired) electrons. The molecule has 3 aromatic rings. The van der Waals surface area contributed by atoms with E-state index in [1.165, 1.54) is 0 Å². The summed E-state index contributed by atoms with van der Waals surface area (Å²) in [4.78, 5) is 55.7. The summed E-state index contributed by atoms with van der Waals surface area (Å²) in [6.07, 6.45) is 2.45. The van der Waals surface area contributed by atoms with E-state index >= 15 is 0 Å². The van der Waals surface area contributed by atoms with Gasteiger partial charge in [0.25, 0.3) is 0 Å². The lowest BCUT2D eigenvalue weighted by Gasteiger charge is -2.34. The van der Waals surface area contributed by atoms with Gasteiger partial charge in [-0.2, -0.15) is 10.2 Å². The summed E-state index contributed by atoms with van der Waals surface area (Å²) in [7, 11) is 0. The van der Waals surface area contributed by atoms with Gasteiger partial charge in [0.1, 0.15) is 17.8 Å². The first-order chi connectivity index (χ1) is 20.7. The minimum atomic E-state index is -1.24. The minimum absolute atomic E-state index is 0.105. The fraction of sp³-hybridized carbons (Fsp3) is 0.438. The number of carbonyl (C=O) groups excluding carboxylic acids is 4. The number of likely N-dealkylation sites (tertiary alicyclic amines) is 1. The predicted molar refractivity (Wildman–Crippen MR) is 157 cm³/mol. The zero-order chi connectivity index (χ0) is 30.3. The molecule has 0 spiro atoms. The van der Waals surface area contributed by atoms with E-state index in [2.05, 4.69) is 34.7 Å². The lowest BCUT2D eigenvalue weighted by Crippen LogP contribution is -2.57. The Morgan fingerprint density at radius 3 is 2.51 bits per heavy atom. The molecule has 6 rings (SSSR count). The Morgan fingerprint density at radius 1 is 1.05 bits per heavy atom. The van der Waals surface area contributed by atoms with Gasteiger partial charge in [-0.25, -0.2) is 0 Å². The summed E-state index contributed by atoms with van der Waals surface area (Å²) in [5, 5.41) is 15.3. The molecule has 11 nitrogen and oxygen atoms in total. The van der Waals surface area contributed by atoms with Crippen molar-refractivity contribution in [3.63, 3.8) is 0 Å². The second-order valence-electron chi connectivity index (χ2n) is 12.4. The van der Waals surface area contributed by atoms with Crippen LogP contribution in [0.4, 0.5) is 0 Å². The van der Waals surface area contributed by atoms with Crippen LogP contribution in [0.3, 0.4) is 0 Å². The number of amides is 4. The Bertz CT molecular complexity index is 1550. The van der Waals surface area contributed by atoms with Gasteiger partial charge in [-0.3, -0.25) is 19.2 Å². The van der Waals surface area contributed by atoms with E-state index in [0.29, 0.717) is 31.6 Å². The lowest BCUT2D eigenvalue weighted by molar-refractivity contribution is -0.144. The Kier molecular flexibility index (Phi) is 7.59. The topological polar surface area (TPSA) is 157 Å². The van der Waals surface area contributed by atoms with Crippen molar-refractivity contribution in [2.24, 2.45) is 28.9 Å². The number of rotatable bonds is 9. The van der Waals surface area contributed by atoms with Gasteiger partial charge in [0.05, 0.1) is 18.7 Å². The summed E-state index contributed by atoms with van der Waals surface area (Å²) >= 11 is 0. The molecule has 4 N–H and O–H groups in total. The number of primary amides is 1. The van der Waals surface area contributed by atoms with E-state index in [1.54, 1.807) is 23.2 Å². The van der Waals surface area contributed by atoms with Crippen LogP contribution >= 0.6 is 0 Å². The maximum Gasteiger partial charge on any atom is 0.246 e. The molecule has 3 fully saturated rings. The lowest BCUT2D eigenvalue weighted by atomic mass is 9.97. The van der Waals surface area contributed by atoms with Crippen molar-refractivity contribution in [3.8, 4) is 0 Å². The number of carbonyl (C=O) groups is 4. The highest BCUT2D eigenvalue weighted by Crippen LogP contribution is 2.65. The average Bonchev–Trinajstić information content (AvgIpc) is 3.46. The van der Waals surface area contributed by atoms with Gasteiger partial charge in [-0.15, -0.1) is 0 Å². The van der Waals surface area contributed by atoms with Crippen LogP contribution in [0.5, 0.6) is 0 Å². The van der Waals surface area contributed by atoms with Gasteiger partial charge in [0.15, 0.2) is 6.04 Å². The van der Waals surface area contributed by atoms with Gasteiger partial charge in [-0.1, -0.05) is 68.4 Å². The molecule has 2 saturated heterocycles. The third-order valence-corrected chi connectivity index (χ3v) is 9.40. The number of nitrogens with two attached hydrogens (primary N) is 1. The van der Waals surface area contributed by atoms with Gasteiger partial charge in [-0.05, 0) is 29.2 Å². The smallest absolute Gasteiger partial charge is 0.246 e. The van der Waals surface area contributed by atoms with Crippen molar-refractivity contribution in [2.45, 2.75) is 44.8 Å². The molecule has 224 valence electrons. The molecular formula is C32H36N6O5. The highest BCUT2D eigenvalue weighted by Gasteiger charge is 2.69. The number of piperidine rings is 1. The maximum absolute atomic E-state index is 14.2. The molecule has 1 aromatic heterocycles. The van der Waals surface area contributed by atoms with Crippen LogP contribution in [-0.4, -0.2) is 70.6 Å². The molecule has 6 atom stereocenters. The standard InChI is InChI=1S/C32H36N6O5/c1-32(2)22-16-38(31(42)23(14-18-8-4-3-5-9-18)35-29(40)20-12-13-43-17-20)27(24(22)32)30(41)36-26(28(33)39)25-21-11-7-6-10-19(21)15-34-37-25/h3-11,15,20,22-24,26-27H,12-14,16-17H2,1-2H3,(H2,33,39)(H,35,40)(H,36,41)/t20-,22+,23?,24+,26?,27+/m1/s1. The van der Waals surface area contributed by atoms with Crippen LogP contribution < -0.4 is 16.4 Å². The van der Waals surface area contributed by atoms with E-state index in [1.807, 2.05) is 42.5 Å². The normalized spacial score (nSPS) is 25.0. The van der Waals surface area contributed by atoms with Crippen LogP contribution in [0, 0.1) is 23.2 Å². The second-order valence-corrected chi connectivity index (χ2v) is 12.4. The average molecular weight is 585 g/mol. The van der Waals surface area contributed by atoms with Crippen molar-refractivity contribution in [3.05, 3.63) is 72.1 Å². The number of hydrogen-bond donors (Lipinski definition) is 3. The largest absolute Gasteiger partial charge is 0.381 e. The zero-order valence-electron chi connectivity index (χ0n) is 24.2. The highest BCUT2D eigenvalue weighted by atomic mass is 16.5. The summed E-state index contributed by atoms with van der Waals surface area (Å²) in [5.41, 5.74) is 6.75. The molecule has 2 aliphatic heterocycles. The maximum atomic E-state index is 14.2. The Hall–Kier alpha value is -4.38. The number of ether oxygens (including phenoxy) is 1. The van der Waals surface area contributed by atoms with Crippen LogP contribution in [0.2, 0.25) is 0 Å². The van der Waals surface area contributed by atoms with E-state index in [0.717, 1.165) is 10.9 Å². The first-order valence-corrected chi connectivity index (χ1v) is 14.7. The summed E-state index contributed by atoms with van der Waals surface area (Å²) < 4.78 is 5.39. The number of nitrogens with one attached hydrogen (secondary N) is 2. The van der Waals surface area contributed by atoms with Crippen molar-refractivity contribution in [1.29, 1.82) is 0 Å². The Labute approximate surface area is 249 Å². The third-order valence-electron chi connectivity index (χ3n) is 9.40. The number of fused-ring (bicyclic) bond motifs is 2. The van der Waals surface area contributed by atoms with Crippen LogP contribution in [-0.2, 0) is 30.3 Å². The number of hydrogen-bond acceptors (Lipinski definition) is 7. The van der Waals surface area contributed by atoms with Gasteiger partial charge < -0.3 is 26.0 Å². The van der Waals surface area contributed by atoms with Crippen molar-refractivity contribution in [1.82, 2.24) is 25.7 Å². The third kappa shape index (κ3) is 5.45. The molecule has 0 bridgehead atoms. The SMILES string of the molecule is CC1(C)[C@@H]2[C@@H](C(=O)NC(C(N)=O)c3nncc4ccccc34)N(C(=O)C(Cc3ccccc3)NC(=O)[C@@H]3CCOC3)C[C@@H]21. The second kappa shape index (κ2) is 11.4. The fourth-order valence-electron chi connectivity index (χ4n) is 6.86. The number of benzene rings is 2. The van der Waals surface area contributed by atoms with E-state index in [-0.39, 0.29) is 47.1 Å². The Balaban J connectivity index is 1.28. The molecule has 1 aliphatic carbocycles. The fourth-order valence-corrected chi connectivity index (χ4v) is 6.86. The first-order valence-electron chi connectivity index (χ1n) is 14.7. The van der Waals surface area contributed by atoms with Crippen molar-refractivity contribution in [2.75, 3.05) is 19.8 Å². The Morgan fingerprint density at radius 2 is 1.79 bits per heavy atom. The molecule has 4 amide bonds. The van der Waals surface area contributed by atoms with E-state index in [4.69, 9.17) is 10.5 Å². The number of nitrogens with zero attached hydrogens (tertiary/aromatic N) is 3. The van der Waals surface area contributed by atoms with Gasteiger partial charge >= 0.3 is 0 Å². The highest BCUT2D eigenvalue weighted by molar-refractivity contribution is 5.97. The minimum Gasteiger partial charge on any atom is -0.381 e. The van der Waals surface area contributed by atoms with Crippen LogP contribution in [0.15, 0.2) is 60.8 Å².